The minimum atomic E-state index is -0.150. The van der Waals surface area contributed by atoms with E-state index in [4.69, 9.17) is 4.98 Å². The van der Waals surface area contributed by atoms with Gasteiger partial charge < -0.3 is 10.6 Å². The summed E-state index contributed by atoms with van der Waals surface area (Å²) in [5, 5.41) is 11.3. The van der Waals surface area contributed by atoms with E-state index in [1.807, 2.05) is 39.2 Å². The zero-order chi connectivity index (χ0) is 22.7. The Morgan fingerprint density at radius 3 is 2.72 bits per heavy atom. The Hall–Kier alpha value is -2.99. The Morgan fingerprint density at radius 2 is 1.97 bits per heavy atom. The van der Waals surface area contributed by atoms with Crippen LogP contribution in [-0.4, -0.2) is 27.9 Å². The van der Waals surface area contributed by atoms with Crippen LogP contribution < -0.4 is 10.6 Å². The van der Waals surface area contributed by atoms with Gasteiger partial charge in [-0.25, -0.2) is 9.37 Å². The molecular weight excluding hydrogens is 401 g/mol. The highest BCUT2D eigenvalue weighted by Crippen LogP contribution is 2.28. The first-order valence-corrected chi connectivity index (χ1v) is 11.3. The molecule has 3 heterocycles. The molecule has 168 valence electrons. The molecule has 6 heteroatoms. The van der Waals surface area contributed by atoms with E-state index in [2.05, 4.69) is 39.3 Å². The molecule has 0 saturated carbocycles. The Bertz CT molecular complexity index is 1110. The molecule has 2 N–H and O–H groups in total. The number of nitrogens with one attached hydrogen (secondary N) is 2. The second-order valence-electron chi connectivity index (χ2n) is 8.80. The summed E-state index contributed by atoms with van der Waals surface area (Å²) in [6.45, 7) is 11.8. The summed E-state index contributed by atoms with van der Waals surface area (Å²) in [7, 11) is 0. The molecule has 32 heavy (non-hydrogen) atoms. The highest BCUT2D eigenvalue weighted by atomic mass is 19.1. The molecule has 1 saturated heterocycles. The van der Waals surface area contributed by atoms with Crippen molar-refractivity contribution in [2.75, 3.05) is 18.4 Å². The van der Waals surface area contributed by atoms with Gasteiger partial charge >= 0.3 is 0 Å². The maximum absolute atomic E-state index is 14.1. The van der Waals surface area contributed by atoms with Crippen LogP contribution in [0.1, 0.15) is 48.1 Å². The number of aryl methyl sites for hydroxylation is 2. The van der Waals surface area contributed by atoms with Gasteiger partial charge in [0.2, 0.25) is 0 Å². The summed E-state index contributed by atoms with van der Waals surface area (Å²) in [6, 6.07) is 6.02. The van der Waals surface area contributed by atoms with E-state index < -0.39 is 0 Å². The summed E-state index contributed by atoms with van der Waals surface area (Å²) in [4.78, 5) is 4.70. The lowest BCUT2D eigenvalue weighted by molar-refractivity contribution is 0.343. The zero-order valence-corrected chi connectivity index (χ0v) is 19.2. The van der Waals surface area contributed by atoms with Crippen LogP contribution in [0.15, 0.2) is 49.1 Å². The van der Waals surface area contributed by atoms with Gasteiger partial charge in [-0.2, -0.15) is 5.10 Å². The van der Waals surface area contributed by atoms with Crippen LogP contribution in [-0.2, 0) is 12.8 Å². The van der Waals surface area contributed by atoms with Crippen LogP contribution in [0.25, 0.3) is 11.1 Å². The van der Waals surface area contributed by atoms with Crippen LogP contribution >= 0.6 is 0 Å². The van der Waals surface area contributed by atoms with Crippen molar-refractivity contribution >= 4 is 5.82 Å². The number of benzene rings is 1. The third kappa shape index (κ3) is 4.91. The molecular formula is C26H32FN5. The lowest BCUT2D eigenvalue weighted by Crippen LogP contribution is -2.29. The summed E-state index contributed by atoms with van der Waals surface area (Å²) in [5.41, 5.74) is 6.94. The third-order valence-electron chi connectivity index (χ3n) is 6.33. The van der Waals surface area contributed by atoms with Gasteiger partial charge in [-0.05, 0) is 93.9 Å². The quantitative estimate of drug-likeness (QED) is 0.527. The number of allylic oxidation sites excluding steroid dienone is 1. The lowest BCUT2D eigenvalue weighted by atomic mass is 9.95. The monoisotopic (exact) mass is 433 g/mol. The molecule has 5 nitrogen and oxygen atoms in total. The van der Waals surface area contributed by atoms with Gasteiger partial charge in [0.05, 0.1) is 12.2 Å². The molecule has 0 bridgehead atoms. The van der Waals surface area contributed by atoms with Gasteiger partial charge in [0.25, 0.3) is 0 Å². The molecule has 1 aliphatic heterocycles. The van der Waals surface area contributed by atoms with Crippen molar-refractivity contribution in [1.29, 1.82) is 0 Å². The highest BCUT2D eigenvalue weighted by molar-refractivity contribution is 5.65. The van der Waals surface area contributed by atoms with Crippen molar-refractivity contribution in [2.24, 2.45) is 0 Å². The van der Waals surface area contributed by atoms with E-state index in [1.165, 1.54) is 0 Å². The summed E-state index contributed by atoms with van der Waals surface area (Å²) < 4.78 is 16.2. The number of hydrogen-bond acceptors (Lipinski definition) is 4. The molecule has 0 unspecified atom stereocenters. The van der Waals surface area contributed by atoms with Crippen molar-refractivity contribution in [2.45, 2.75) is 52.5 Å². The van der Waals surface area contributed by atoms with E-state index in [-0.39, 0.29) is 5.82 Å². The largest absolute Gasteiger partial charge is 0.344 e. The molecule has 0 aliphatic carbocycles. The van der Waals surface area contributed by atoms with Crippen LogP contribution in [0.5, 0.6) is 0 Å². The van der Waals surface area contributed by atoms with Crippen molar-refractivity contribution in [3.05, 3.63) is 77.1 Å². The number of pyridine rings is 1. The predicted octanol–water partition coefficient (Wildman–Crippen LogP) is 5.36. The van der Waals surface area contributed by atoms with Crippen molar-refractivity contribution < 1.29 is 4.39 Å². The minimum absolute atomic E-state index is 0.150. The van der Waals surface area contributed by atoms with Crippen LogP contribution in [0, 0.1) is 19.7 Å². The van der Waals surface area contributed by atoms with Gasteiger partial charge in [0, 0.05) is 29.2 Å². The fourth-order valence-corrected chi connectivity index (χ4v) is 4.44. The van der Waals surface area contributed by atoms with Gasteiger partial charge in [-0.1, -0.05) is 12.6 Å². The van der Waals surface area contributed by atoms with Crippen LogP contribution in [0.3, 0.4) is 0 Å². The Kier molecular flexibility index (Phi) is 6.70. The van der Waals surface area contributed by atoms with Crippen LogP contribution in [0.2, 0.25) is 0 Å². The van der Waals surface area contributed by atoms with Crippen molar-refractivity contribution in [3.63, 3.8) is 0 Å². The molecule has 1 aliphatic rings. The van der Waals surface area contributed by atoms with Crippen molar-refractivity contribution in [3.8, 4) is 11.1 Å². The zero-order valence-electron chi connectivity index (χ0n) is 19.2. The summed E-state index contributed by atoms with van der Waals surface area (Å²) in [6.07, 6.45) is 9.64. The normalized spacial score (nSPS) is 14.5. The van der Waals surface area contributed by atoms with E-state index in [0.29, 0.717) is 6.04 Å². The number of halogens is 1. The second-order valence-corrected chi connectivity index (χ2v) is 8.80. The molecule has 0 amide bonds. The maximum atomic E-state index is 14.1. The SMILES string of the molecule is C=C(C)Nc1ncc(-c2cnn(C3CCNCC3)c2)cc1CCc1c(C)ccc(F)c1C. The average Bonchev–Trinajstić information content (AvgIpc) is 3.28. The van der Waals surface area contributed by atoms with E-state index in [9.17, 15) is 4.39 Å². The number of nitrogens with zero attached hydrogens (tertiary/aromatic N) is 3. The Labute approximate surface area is 189 Å². The number of hydrogen-bond donors (Lipinski definition) is 2. The molecule has 1 aromatic carbocycles. The summed E-state index contributed by atoms with van der Waals surface area (Å²) >= 11 is 0. The molecule has 0 atom stereocenters. The molecule has 0 radical (unpaired) electrons. The fourth-order valence-electron chi connectivity index (χ4n) is 4.44. The van der Waals surface area contributed by atoms with Crippen LogP contribution in [0.4, 0.5) is 10.2 Å². The molecule has 4 rings (SSSR count). The topological polar surface area (TPSA) is 54.8 Å². The maximum Gasteiger partial charge on any atom is 0.133 e. The predicted molar refractivity (Wildman–Crippen MR) is 128 cm³/mol. The highest BCUT2D eigenvalue weighted by Gasteiger charge is 2.17. The summed E-state index contributed by atoms with van der Waals surface area (Å²) in [5.74, 6) is 0.654. The first-order valence-electron chi connectivity index (χ1n) is 11.3. The number of rotatable bonds is 7. The van der Waals surface area contributed by atoms with Gasteiger partial charge in [0.15, 0.2) is 0 Å². The molecule has 2 aromatic heterocycles. The second kappa shape index (κ2) is 9.65. The van der Waals surface area contributed by atoms with E-state index in [0.717, 1.165) is 83.7 Å². The number of piperidine rings is 1. The van der Waals surface area contributed by atoms with E-state index >= 15 is 0 Å². The van der Waals surface area contributed by atoms with Gasteiger partial charge in [-0.3, -0.25) is 4.68 Å². The minimum Gasteiger partial charge on any atom is -0.344 e. The Balaban J connectivity index is 1.61. The van der Waals surface area contributed by atoms with E-state index in [1.54, 1.807) is 6.07 Å². The third-order valence-corrected chi connectivity index (χ3v) is 6.33. The standard InChI is InChI=1S/C26H32FN5/c1-17(2)31-26-20(6-7-24-18(3)5-8-25(27)19(24)4)13-21(14-29-26)22-15-30-32(16-22)23-9-11-28-12-10-23/h5,8,13-16,23,28H,1,6-7,9-12H2,2-4H3,(H,29,31). The first-order chi connectivity index (χ1) is 15.4. The number of anilines is 1. The Morgan fingerprint density at radius 1 is 1.19 bits per heavy atom. The number of aromatic nitrogens is 3. The molecule has 0 spiro atoms. The first kappa shape index (κ1) is 22.2. The van der Waals surface area contributed by atoms with Gasteiger partial charge in [0.1, 0.15) is 11.6 Å². The van der Waals surface area contributed by atoms with Gasteiger partial charge in [-0.15, -0.1) is 0 Å². The smallest absolute Gasteiger partial charge is 0.133 e. The molecule has 3 aromatic rings. The molecule has 1 fully saturated rings. The fraction of sp³-hybridized carbons (Fsp3) is 0.385. The van der Waals surface area contributed by atoms with Crippen molar-refractivity contribution in [1.82, 2.24) is 20.1 Å². The lowest BCUT2D eigenvalue weighted by Gasteiger charge is -2.22. The average molecular weight is 434 g/mol.